The van der Waals surface area contributed by atoms with Gasteiger partial charge >= 0.3 is 0 Å². The van der Waals surface area contributed by atoms with Crippen molar-refractivity contribution in [2.75, 3.05) is 19.3 Å². The highest BCUT2D eigenvalue weighted by Crippen LogP contribution is 2.30. The number of piperidine rings is 1. The van der Waals surface area contributed by atoms with Crippen LogP contribution in [0.4, 0.5) is 5.69 Å². The smallest absolute Gasteiger partial charge is 0.245 e. The molecule has 0 spiro atoms. The third-order valence-electron chi connectivity index (χ3n) is 3.56. The van der Waals surface area contributed by atoms with E-state index in [1.54, 1.807) is 12.1 Å². The van der Waals surface area contributed by atoms with Crippen molar-refractivity contribution in [3.63, 3.8) is 0 Å². The van der Waals surface area contributed by atoms with Crippen LogP contribution in [-0.2, 0) is 14.8 Å². The molecule has 1 fully saturated rings. The fourth-order valence-corrected chi connectivity index (χ4v) is 4.64. The number of nitrogen functional groups attached to an aromatic ring is 1. The molecule has 1 heterocycles. The summed E-state index contributed by atoms with van der Waals surface area (Å²) in [4.78, 5) is 12.0. The lowest BCUT2D eigenvalue weighted by molar-refractivity contribution is -0.125. The highest BCUT2D eigenvalue weighted by Gasteiger charge is 2.37. The summed E-state index contributed by atoms with van der Waals surface area (Å²) in [6, 6.07) is 3.97. The van der Waals surface area contributed by atoms with Crippen LogP contribution in [0.15, 0.2) is 27.6 Å². The van der Waals surface area contributed by atoms with E-state index in [1.807, 2.05) is 0 Å². The topological polar surface area (TPSA) is 92.5 Å². The number of amides is 1. The van der Waals surface area contributed by atoms with E-state index in [9.17, 15) is 13.2 Å². The molecule has 1 aromatic carbocycles. The van der Waals surface area contributed by atoms with Crippen LogP contribution in [-0.4, -0.2) is 38.3 Å². The first-order chi connectivity index (χ1) is 9.87. The molecule has 116 valence electrons. The average Bonchev–Trinajstić information content (AvgIpc) is 2.46. The SMILES string of the molecule is CNC(=O)C1CCCCN1S(=O)(=O)c1ccc(Br)cc1N. The molecule has 1 saturated heterocycles. The average molecular weight is 376 g/mol. The van der Waals surface area contributed by atoms with Gasteiger partial charge in [-0.05, 0) is 31.0 Å². The Kier molecular flexibility index (Phi) is 4.90. The highest BCUT2D eigenvalue weighted by atomic mass is 79.9. The van der Waals surface area contributed by atoms with Crippen molar-refractivity contribution >= 4 is 37.5 Å². The van der Waals surface area contributed by atoms with E-state index >= 15 is 0 Å². The predicted molar refractivity (Wildman–Crippen MR) is 84.2 cm³/mol. The molecular formula is C13H18BrN3O3S. The Balaban J connectivity index is 2.43. The molecule has 1 atom stereocenters. The molecule has 2 rings (SSSR count). The van der Waals surface area contributed by atoms with Crippen molar-refractivity contribution < 1.29 is 13.2 Å². The number of carbonyl (C=O) groups is 1. The fourth-order valence-electron chi connectivity index (χ4n) is 2.50. The van der Waals surface area contributed by atoms with Gasteiger partial charge in [-0.1, -0.05) is 22.4 Å². The lowest BCUT2D eigenvalue weighted by Crippen LogP contribution is -2.51. The molecule has 8 heteroatoms. The molecule has 1 amide bonds. The zero-order chi connectivity index (χ0) is 15.6. The number of nitrogens with one attached hydrogen (secondary N) is 1. The lowest BCUT2D eigenvalue weighted by atomic mass is 10.0. The molecule has 1 aliphatic rings. The summed E-state index contributed by atoms with van der Waals surface area (Å²) in [6.07, 6.45) is 2.10. The summed E-state index contributed by atoms with van der Waals surface area (Å²) >= 11 is 3.25. The van der Waals surface area contributed by atoms with Crippen molar-refractivity contribution in [2.24, 2.45) is 0 Å². The summed E-state index contributed by atoms with van der Waals surface area (Å²) in [6.45, 7) is 0.329. The van der Waals surface area contributed by atoms with Gasteiger partial charge in [0.25, 0.3) is 0 Å². The van der Waals surface area contributed by atoms with Crippen LogP contribution in [0.3, 0.4) is 0 Å². The number of halogens is 1. The van der Waals surface area contributed by atoms with Gasteiger partial charge < -0.3 is 11.1 Å². The van der Waals surface area contributed by atoms with Crippen LogP contribution < -0.4 is 11.1 Å². The van der Waals surface area contributed by atoms with E-state index in [4.69, 9.17) is 5.73 Å². The minimum atomic E-state index is -3.79. The van der Waals surface area contributed by atoms with Gasteiger partial charge in [-0.3, -0.25) is 4.79 Å². The second kappa shape index (κ2) is 6.33. The van der Waals surface area contributed by atoms with Crippen LogP contribution >= 0.6 is 15.9 Å². The maximum Gasteiger partial charge on any atom is 0.245 e. The minimum absolute atomic E-state index is 0.0431. The van der Waals surface area contributed by atoms with Crippen molar-refractivity contribution in [2.45, 2.75) is 30.2 Å². The van der Waals surface area contributed by atoms with E-state index in [-0.39, 0.29) is 16.5 Å². The minimum Gasteiger partial charge on any atom is -0.398 e. The van der Waals surface area contributed by atoms with Crippen molar-refractivity contribution in [3.05, 3.63) is 22.7 Å². The summed E-state index contributed by atoms with van der Waals surface area (Å²) in [7, 11) is -2.28. The summed E-state index contributed by atoms with van der Waals surface area (Å²) in [5.41, 5.74) is 6.00. The van der Waals surface area contributed by atoms with Crippen LogP contribution in [0.5, 0.6) is 0 Å². The number of benzene rings is 1. The Morgan fingerprint density at radius 2 is 2.14 bits per heavy atom. The van der Waals surface area contributed by atoms with Gasteiger partial charge in [-0.15, -0.1) is 0 Å². The molecule has 1 aliphatic heterocycles. The molecule has 0 saturated carbocycles. The summed E-state index contributed by atoms with van der Waals surface area (Å²) in [5.74, 6) is -0.283. The molecule has 1 unspecified atom stereocenters. The molecular weight excluding hydrogens is 358 g/mol. The number of hydrogen-bond donors (Lipinski definition) is 2. The van der Waals surface area contributed by atoms with Gasteiger partial charge in [0.15, 0.2) is 0 Å². The first-order valence-corrected chi connectivity index (χ1v) is 8.89. The Morgan fingerprint density at radius 3 is 2.76 bits per heavy atom. The maximum atomic E-state index is 12.8. The van der Waals surface area contributed by atoms with E-state index in [0.717, 1.165) is 12.8 Å². The second-order valence-corrected chi connectivity index (χ2v) is 7.70. The molecule has 0 radical (unpaired) electrons. The molecule has 21 heavy (non-hydrogen) atoms. The Bertz CT molecular complexity index is 648. The molecule has 0 aromatic heterocycles. The molecule has 6 nitrogen and oxygen atoms in total. The number of carbonyl (C=O) groups excluding carboxylic acids is 1. The second-order valence-electron chi connectivity index (χ2n) is 4.92. The number of sulfonamides is 1. The Labute approximate surface area is 132 Å². The normalized spacial score (nSPS) is 20.2. The number of nitrogens with zero attached hydrogens (tertiary/aromatic N) is 1. The monoisotopic (exact) mass is 375 g/mol. The van der Waals surface area contributed by atoms with Gasteiger partial charge in [-0.25, -0.2) is 8.42 Å². The molecule has 3 N–H and O–H groups in total. The number of nitrogens with two attached hydrogens (primary N) is 1. The fraction of sp³-hybridized carbons (Fsp3) is 0.462. The van der Waals surface area contributed by atoms with Crippen LogP contribution in [0, 0.1) is 0 Å². The third-order valence-corrected chi connectivity index (χ3v) is 6.04. The molecule has 0 bridgehead atoms. The lowest BCUT2D eigenvalue weighted by Gasteiger charge is -2.33. The number of anilines is 1. The van der Waals surface area contributed by atoms with E-state index in [1.165, 1.54) is 17.4 Å². The summed E-state index contributed by atoms with van der Waals surface area (Å²) in [5, 5.41) is 2.53. The largest absolute Gasteiger partial charge is 0.398 e. The molecule has 1 aromatic rings. The van der Waals surface area contributed by atoms with Crippen LogP contribution in [0.25, 0.3) is 0 Å². The highest BCUT2D eigenvalue weighted by molar-refractivity contribution is 9.10. The van der Waals surface area contributed by atoms with Crippen molar-refractivity contribution in [1.82, 2.24) is 9.62 Å². The van der Waals surface area contributed by atoms with E-state index in [2.05, 4.69) is 21.2 Å². The van der Waals surface area contributed by atoms with Gasteiger partial charge in [-0.2, -0.15) is 4.31 Å². The third kappa shape index (κ3) is 3.22. The van der Waals surface area contributed by atoms with Crippen molar-refractivity contribution in [1.29, 1.82) is 0 Å². The van der Waals surface area contributed by atoms with Crippen molar-refractivity contribution in [3.8, 4) is 0 Å². The van der Waals surface area contributed by atoms with Gasteiger partial charge in [0.1, 0.15) is 10.9 Å². The quantitative estimate of drug-likeness (QED) is 0.779. The van der Waals surface area contributed by atoms with Gasteiger partial charge in [0, 0.05) is 18.1 Å². The first-order valence-electron chi connectivity index (χ1n) is 6.66. The number of likely N-dealkylation sites (N-methyl/N-ethyl adjacent to an activating group) is 1. The van der Waals surface area contributed by atoms with Crippen LogP contribution in [0.1, 0.15) is 19.3 Å². The van der Waals surface area contributed by atoms with E-state index < -0.39 is 16.1 Å². The maximum absolute atomic E-state index is 12.8. The molecule has 0 aliphatic carbocycles. The zero-order valence-electron chi connectivity index (χ0n) is 11.7. The Hall–Kier alpha value is -1.12. The first kappa shape index (κ1) is 16.3. The Morgan fingerprint density at radius 1 is 1.43 bits per heavy atom. The van der Waals surface area contributed by atoms with E-state index in [0.29, 0.717) is 17.4 Å². The van der Waals surface area contributed by atoms with Gasteiger partial charge in [0.05, 0.1) is 5.69 Å². The predicted octanol–water partition coefficient (Wildman–Crippen LogP) is 1.32. The number of hydrogen-bond acceptors (Lipinski definition) is 4. The zero-order valence-corrected chi connectivity index (χ0v) is 14.1. The standard InChI is InChI=1S/C13H18BrN3O3S/c1-16-13(18)11-4-2-3-7-17(11)21(19,20)12-6-5-9(14)8-10(12)15/h5-6,8,11H,2-4,7,15H2,1H3,(H,16,18). The number of rotatable bonds is 3. The summed E-state index contributed by atoms with van der Waals surface area (Å²) < 4.78 is 27.6. The van der Waals surface area contributed by atoms with Gasteiger partial charge in [0.2, 0.25) is 15.9 Å². The van der Waals surface area contributed by atoms with Crippen LogP contribution in [0.2, 0.25) is 0 Å².